The molecule has 2 atom stereocenters. The number of carbonyl (C=O) groups is 2. The van der Waals surface area contributed by atoms with Crippen LogP contribution in [0.3, 0.4) is 0 Å². The first-order valence-corrected chi connectivity index (χ1v) is 9.56. The Kier molecular flexibility index (Phi) is 8.07. The van der Waals surface area contributed by atoms with E-state index >= 15 is 0 Å². The van der Waals surface area contributed by atoms with E-state index < -0.39 is 5.97 Å². The van der Waals surface area contributed by atoms with Crippen molar-refractivity contribution in [2.75, 3.05) is 26.7 Å². The zero-order valence-electron chi connectivity index (χ0n) is 15.8. The number of hydrogen-bond acceptors (Lipinski definition) is 4. The number of hydrogen-bond donors (Lipinski definition) is 2. The highest BCUT2D eigenvalue weighted by Gasteiger charge is 2.33. The van der Waals surface area contributed by atoms with Gasteiger partial charge in [-0.25, -0.2) is 0 Å². The highest BCUT2D eigenvalue weighted by atomic mass is 35.5. The number of carboxylic acids is 1. The van der Waals surface area contributed by atoms with Gasteiger partial charge in [0, 0.05) is 18.6 Å². The lowest BCUT2D eigenvalue weighted by Gasteiger charge is -2.30. The Labute approximate surface area is 167 Å². The van der Waals surface area contributed by atoms with Crippen molar-refractivity contribution in [2.45, 2.75) is 50.2 Å². The van der Waals surface area contributed by atoms with E-state index in [1.54, 1.807) is 0 Å². The van der Waals surface area contributed by atoms with Gasteiger partial charge in [-0.2, -0.15) is 0 Å². The zero-order chi connectivity index (χ0) is 18.5. The minimum absolute atomic E-state index is 0. The SMILES string of the molecule is CN(CC(=O)O)C1CCCN(C(C(=O)NC2CC2)c2ccccc2)CC1.Cl. The average Bonchev–Trinajstić information content (AvgIpc) is 3.43. The standard InChI is InChI=1S/C20H29N3O3.ClH/c1-22(14-18(24)25)17-8-5-12-23(13-11-17)19(15-6-3-2-4-7-15)20(26)21-16-9-10-16;/h2-4,6-7,16-17,19H,5,8-14H2,1H3,(H,21,26)(H,24,25);1H. The second kappa shape index (κ2) is 10.1. The quantitative estimate of drug-likeness (QED) is 0.741. The Morgan fingerprint density at radius 2 is 1.89 bits per heavy atom. The molecule has 3 rings (SSSR count). The number of likely N-dealkylation sites (N-methyl/N-ethyl adjacent to an activating group) is 1. The summed E-state index contributed by atoms with van der Waals surface area (Å²) in [6.45, 7) is 1.72. The molecule has 0 spiro atoms. The maximum Gasteiger partial charge on any atom is 0.317 e. The first kappa shape index (κ1) is 21.7. The van der Waals surface area contributed by atoms with Gasteiger partial charge < -0.3 is 10.4 Å². The minimum atomic E-state index is -0.792. The van der Waals surface area contributed by atoms with Crippen LogP contribution in [0.1, 0.15) is 43.7 Å². The fraction of sp³-hybridized carbons (Fsp3) is 0.600. The fourth-order valence-corrected chi connectivity index (χ4v) is 3.81. The molecular formula is C20H30ClN3O3. The summed E-state index contributed by atoms with van der Waals surface area (Å²) in [6.07, 6.45) is 4.97. The second-order valence-electron chi connectivity index (χ2n) is 7.53. The summed E-state index contributed by atoms with van der Waals surface area (Å²) in [4.78, 5) is 28.1. The van der Waals surface area contributed by atoms with Crippen molar-refractivity contribution in [3.8, 4) is 0 Å². The molecule has 1 aliphatic heterocycles. The van der Waals surface area contributed by atoms with Crippen LogP contribution in [0.4, 0.5) is 0 Å². The minimum Gasteiger partial charge on any atom is -0.480 e. The molecule has 0 aromatic heterocycles. The summed E-state index contributed by atoms with van der Waals surface area (Å²) in [7, 11) is 1.88. The van der Waals surface area contributed by atoms with E-state index in [0.29, 0.717) is 6.04 Å². The van der Waals surface area contributed by atoms with Crippen LogP contribution in [0.25, 0.3) is 0 Å². The first-order chi connectivity index (χ1) is 12.5. The van der Waals surface area contributed by atoms with E-state index in [4.69, 9.17) is 5.11 Å². The molecule has 1 heterocycles. The highest BCUT2D eigenvalue weighted by molar-refractivity contribution is 5.85. The molecule has 150 valence electrons. The third kappa shape index (κ3) is 6.19. The van der Waals surface area contributed by atoms with Gasteiger partial charge >= 0.3 is 5.97 Å². The molecule has 1 saturated heterocycles. The topological polar surface area (TPSA) is 72.9 Å². The summed E-state index contributed by atoms with van der Waals surface area (Å²) in [5, 5.41) is 12.2. The Hall–Kier alpha value is -1.63. The van der Waals surface area contributed by atoms with Gasteiger partial charge in [-0.3, -0.25) is 19.4 Å². The number of carbonyl (C=O) groups excluding carboxylic acids is 1. The van der Waals surface area contributed by atoms with Crippen molar-refractivity contribution in [3.63, 3.8) is 0 Å². The van der Waals surface area contributed by atoms with Gasteiger partial charge in [0.25, 0.3) is 0 Å². The predicted molar refractivity (Wildman–Crippen MR) is 107 cm³/mol. The van der Waals surface area contributed by atoms with Crippen molar-refractivity contribution in [3.05, 3.63) is 35.9 Å². The maximum absolute atomic E-state index is 12.9. The van der Waals surface area contributed by atoms with E-state index in [-0.39, 0.29) is 36.9 Å². The Bertz CT molecular complexity index is 624. The van der Waals surface area contributed by atoms with E-state index in [1.165, 1.54) is 0 Å². The van der Waals surface area contributed by atoms with Crippen LogP contribution >= 0.6 is 12.4 Å². The van der Waals surface area contributed by atoms with Gasteiger partial charge in [0.15, 0.2) is 0 Å². The van der Waals surface area contributed by atoms with Crippen molar-refractivity contribution in [1.29, 1.82) is 0 Å². The number of carboxylic acid groups (broad SMARTS) is 1. The summed E-state index contributed by atoms with van der Waals surface area (Å²) in [5.41, 5.74) is 1.03. The molecule has 1 amide bonds. The number of nitrogens with one attached hydrogen (secondary N) is 1. The first-order valence-electron chi connectivity index (χ1n) is 9.56. The van der Waals surface area contributed by atoms with Crippen LogP contribution in [-0.4, -0.2) is 65.5 Å². The van der Waals surface area contributed by atoms with Crippen LogP contribution in [0, 0.1) is 0 Å². The van der Waals surface area contributed by atoms with Crippen molar-refractivity contribution in [1.82, 2.24) is 15.1 Å². The van der Waals surface area contributed by atoms with Gasteiger partial charge in [-0.15, -0.1) is 12.4 Å². The van der Waals surface area contributed by atoms with Crippen LogP contribution in [0.2, 0.25) is 0 Å². The largest absolute Gasteiger partial charge is 0.480 e. The van der Waals surface area contributed by atoms with Crippen molar-refractivity contribution in [2.24, 2.45) is 0 Å². The van der Waals surface area contributed by atoms with Gasteiger partial charge in [-0.1, -0.05) is 30.3 Å². The van der Waals surface area contributed by atoms with Gasteiger partial charge in [0.2, 0.25) is 5.91 Å². The number of halogens is 1. The van der Waals surface area contributed by atoms with Gasteiger partial charge in [0.1, 0.15) is 6.04 Å². The lowest BCUT2D eigenvalue weighted by Crippen LogP contribution is -2.42. The molecule has 1 aromatic carbocycles. The summed E-state index contributed by atoms with van der Waals surface area (Å²) < 4.78 is 0. The molecule has 2 aliphatic rings. The molecule has 6 nitrogen and oxygen atoms in total. The molecule has 1 saturated carbocycles. The average molecular weight is 396 g/mol. The van der Waals surface area contributed by atoms with Crippen molar-refractivity contribution >= 4 is 24.3 Å². The molecule has 0 radical (unpaired) electrons. The van der Waals surface area contributed by atoms with Crippen molar-refractivity contribution < 1.29 is 14.7 Å². The van der Waals surface area contributed by atoms with E-state index in [0.717, 1.165) is 50.8 Å². The molecular weight excluding hydrogens is 366 g/mol. The van der Waals surface area contributed by atoms with E-state index in [9.17, 15) is 9.59 Å². The number of aliphatic carboxylic acids is 1. The highest BCUT2D eigenvalue weighted by Crippen LogP contribution is 2.28. The van der Waals surface area contributed by atoms with E-state index in [1.807, 2.05) is 42.3 Å². The Morgan fingerprint density at radius 3 is 2.52 bits per heavy atom. The molecule has 2 N–H and O–H groups in total. The van der Waals surface area contributed by atoms with Crippen LogP contribution in [-0.2, 0) is 9.59 Å². The summed E-state index contributed by atoms with van der Waals surface area (Å²) in [5.74, 6) is -0.699. The zero-order valence-corrected chi connectivity index (χ0v) is 16.7. The number of rotatable bonds is 7. The molecule has 27 heavy (non-hydrogen) atoms. The molecule has 1 aromatic rings. The number of amides is 1. The number of likely N-dealkylation sites (tertiary alicyclic amines) is 1. The lowest BCUT2D eigenvalue weighted by atomic mass is 10.0. The number of nitrogens with zero attached hydrogens (tertiary/aromatic N) is 2. The Balaban J connectivity index is 0.00000261. The third-order valence-corrected chi connectivity index (χ3v) is 5.39. The number of benzene rings is 1. The van der Waals surface area contributed by atoms with Gasteiger partial charge in [-0.05, 0) is 51.3 Å². The molecule has 2 fully saturated rings. The Morgan fingerprint density at radius 1 is 1.19 bits per heavy atom. The van der Waals surface area contributed by atoms with Crippen LogP contribution < -0.4 is 5.32 Å². The molecule has 7 heteroatoms. The van der Waals surface area contributed by atoms with Crippen LogP contribution in [0.15, 0.2) is 30.3 Å². The molecule has 1 aliphatic carbocycles. The normalized spacial score (nSPS) is 21.8. The summed E-state index contributed by atoms with van der Waals surface area (Å²) >= 11 is 0. The van der Waals surface area contributed by atoms with Gasteiger partial charge in [0.05, 0.1) is 6.54 Å². The predicted octanol–water partition coefficient (Wildman–Crippen LogP) is 2.30. The molecule has 2 unspecified atom stereocenters. The lowest BCUT2D eigenvalue weighted by molar-refractivity contribution is -0.138. The van der Waals surface area contributed by atoms with Crippen LogP contribution in [0.5, 0.6) is 0 Å². The fourth-order valence-electron chi connectivity index (χ4n) is 3.81. The molecule has 0 bridgehead atoms. The van der Waals surface area contributed by atoms with E-state index in [2.05, 4.69) is 10.2 Å². The summed E-state index contributed by atoms with van der Waals surface area (Å²) in [6, 6.07) is 10.3. The maximum atomic E-state index is 12.9. The second-order valence-corrected chi connectivity index (χ2v) is 7.53. The smallest absolute Gasteiger partial charge is 0.317 e. The third-order valence-electron chi connectivity index (χ3n) is 5.39. The monoisotopic (exact) mass is 395 g/mol.